The minimum atomic E-state index is -0.0124. The minimum Gasteiger partial charge on any atom is -0.340 e. The number of imidazole rings is 1. The lowest BCUT2D eigenvalue weighted by Crippen LogP contribution is -2.42. The van der Waals surface area contributed by atoms with Crippen molar-refractivity contribution in [1.82, 2.24) is 30.4 Å². The molecule has 2 unspecified atom stereocenters. The average Bonchev–Trinajstić information content (AvgIpc) is 3.39. The van der Waals surface area contributed by atoms with Crippen LogP contribution >= 0.6 is 0 Å². The minimum absolute atomic E-state index is 0.00235. The molecular formula is C20H24N6O. The molecule has 0 radical (unpaired) electrons. The summed E-state index contributed by atoms with van der Waals surface area (Å²) in [6, 6.07) is 6.21. The second-order valence-corrected chi connectivity index (χ2v) is 7.70. The summed E-state index contributed by atoms with van der Waals surface area (Å²) in [4.78, 5) is 23.1. The Kier molecular flexibility index (Phi) is 3.88. The van der Waals surface area contributed by atoms with Gasteiger partial charge in [0.2, 0.25) is 0 Å². The predicted octanol–water partition coefficient (Wildman–Crippen LogP) is 3.52. The zero-order valence-electron chi connectivity index (χ0n) is 15.5. The zero-order chi connectivity index (χ0) is 18.4. The summed E-state index contributed by atoms with van der Waals surface area (Å²) in [5, 5.41) is 10.4. The normalized spacial score (nSPS) is 22.2. The maximum absolute atomic E-state index is 13.0. The maximum atomic E-state index is 13.0. The molecule has 2 atom stereocenters. The van der Waals surface area contributed by atoms with Gasteiger partial charge in [-0.05, 0) is 62.3 Å². The number of hydrogen-bond donors (Lipinski definition) is 3. The van der Waals surface area contributed by atoms with E-state index in [4.69, 9.17) is 4.98 Å². The van der Waals surface area contributed by atoms with Crippen molar-refractivity contribution in [3.05, 3.63) is 47.0 Å². The molecule has 1 saturated heterocycles. The van der Waals surface area contributed by atoms with Crippen LogP contribution in [0.15, 0.2) is 24.4 Å². The summed E-state index contributed by atoms with van der Waals surface area (Å²) in [6.07, 6.45) is 6.86. The Morgan fingerprint density at radius 2 is 2.22 bits per heavy atom. The van der Waals surface area contributed by atoms with Gasteiger partial charge in [-0.1, -0.05) is 6.07 Å². The van der Waals surface area contributed by atoms with E-state index < -0.39 is 0 Å². The largest absolute Gasteiger partial charge is 0.340 e. The fourth-order valence-corrected chi connectivity index (χ4v) is 4.43. The molecule has 3 aromatic rings. The van der Waals surface area contributed by atoms with Crippen LogP contribution in [0.2, 0.25) is 0 Å². The molecule has 3 N–H and O–H groups in total. The molecule has 27 heavy (non-hydrogen) atoms. The Labute approximate surface area is 157 Å². The van der Waals surface area contributed by atoms with Crippen LogP contribution < -0.4 is 5.32 Å². The molecule has 5 rings (SSSR count). The highest BCUT2D eigenvalue weighted by Crippen LogP contribution is 2.33. The van der Waals surface area contributed by atoms with Gasteiger partial charge in [-0.15, -0.1) is 0 Å². The lowest BCUT2D eigenvalue weighted by molar-refractivity contribution is 0.185. The first-order valence-electron chi connectivity index (χ1n) is 9.74. The summed E-state index contributed by atoms with van der Waals surface area (Å²) in [6.45, 7) is 2.83. The van der Waals surface area contributed by atoms with E-state index in [1.54, 1.807) is 0 Å². The number of aryl methyl sites for hydroxylation is 2. The van der Waals surface area contributed by atoms with Gasteiger partial charge >= 0.3 is 6.03 Å². The number of amides is 2. The molecule has 1 aromatic carbocycles. The molecule has 7 heteroatoms. The molecular weight excluding hydrogens is 340 g/mol. The Morgan fingerprint density at radius 3 is 3.15 bits per heavy atom. The average molecular weight is 364 g/mol. The number of carbonyl (C=O) groups excluding carboxylic acids is 1. The Balaban J connectivity index is 1.37. The maximum Gasteiger partial charge on any atom is 0.318 e. The van der Waals surface area contributed by atoms with E-state index in [9.17, 15) is 4.79 Å². The van der Waals surface area contributed by atoms with Gasteiger partial charge < -0.3 is 15.2 Å². The predicted molar refractivity (Wildman–Crippen MR) is 102 cm³/mol. The zero-order valence-corrected chi connectivity index (χ0v) is 15.5. The van der Waals surface area contributed by atoms with E-state index in [0.29, 0.717) is 0 Å². The van der Waals surface area contributed by atoms with Gasteiger partial charge in [-0.2, -0.15) is 5.10 Å². The fraction of sp³-hybridized carbons (Fsp3) is 0.450. The quantitative estimate of drug-likeness (QED) is 0.650. The molecule has 1 fully saturated rings. The van der Waals surface area contributed by atoms with Crippen LogP contribution in [0.3, 0.4) is 0 Å². The van der Waals surface area contributed by atoms with Gasteiger partial charge in [-0.25, -0.2) is 9.78 Å². The molecule has 140 valence electrons. The smallest absolute Gasteiger partial charge is 0.318 e. The van der Waals surface area contributed by atoms with E-state index in [1.165, 1.54) is 11.1 Å². The van der Waals surface area contributed by atoms with Crippen molar-refractivity contribution in [3.8, 4) is 0 Å². The van der Waals surface area contributed by atoms with Crippen molar-refractivity contribution in [3.63, 3.8) is 0 Å². The summed E-state index contributed by atoms with van der Waals surface area (Å²) in [5.74, 6) is 0.883. The third-order valence-corrected chi connectivity index (χ3v) is 5.82. The molecule has 1 aliphatic carbocycles. The number of rotatable bonds is 2. The van der Waals surface area contributed by atoms with Crippen LogP contribution in [0.5, 0.6) is 0 Å². The van der Waals surface area contributed by atoms with Crippen LogP contribution in [-0.2, 0) is 6.42 Å². The molecule has 0 bridgehead atoms. The number of H-pyrrole nitrogens is 2. The molecule has 2 amide bonds. The number of hydrogen-bond acceptors (Lipinski definition) is 3. The van der Waals surface area contributed by atoms with Crippen LogP contribution in [-0.4, -0.2) is 37.6 Å². The molecule has 2 aromatic heterocycles. The van der Waals surface area contributed by atoms with Crippen LogP contribution in [0.1, 0.15) is 60.4 Å². The number of likely N-dealkylation sites (tertiary alicyclic amines) is 1. The van der Waals surface area contributed by atoms with Crippen LogP contribution in [0.25, 0.3) is 11.0 Å². The van der Waals surface area contributed by atoms with Crippen molar-refractivity contribution < 1.29 is 4.79 Å². The topological polar surface area (TPSA) is 89.7 Å². The lowest BCUT2D eigenvalue weighted by atomic mass is 9.94. The Bertz CT molecular complexity index is 989. The summed E-state index contributed by atoms with van der Waals surface area (Å²) in [5.41, 5.74) is 5.47. The second kappa shape index (κ2) is 6.40. The first-order chi connectivity index (χ1) is 13.2. The van der Waals surface area contributed by atoms with Gasteiger partial charge in [0.1, 0.15) is 5.82 Å². The molecule has 3 heterocycles. The number of aromatic amines is 2. The van der Waals surface area contributed by atoms with Gasteiger partial charge in [0, 0.05) is 6.54 Å². The second-order valence-electron chi connectivity index (χ2n) is 7.70. The van der Waals surface area contributed by atoms with Crippen LogP contribution in [0.4, 0.5) is 4.79 Å². The Morgan fingerprint density at radius 1 is 1.30 bits per heavy atom. The third-order valence-electron chi connectivity index (χ3n) is 5.82. The number of nitrogens with one attached hydrogen (secondary N) is 3. The molecule has 0 spiro atoms. The Hall–Kier alpha value is -2.83. The first kappa shape index (κ1) is 16.4. The third kappa shape index (κ3) is 2.87. The summed E-state index contributed by atoms with van der Waals surface area (Å²) < 4.78 is 0. The number of nitrogens with zero attached hydrogens (tertiary/aromatic N) is 3. The number of urea groups is 1. The number of aromatic nitrogens is 4. The number of benzene rings is 1. The lowest BCUT2D eigenvalue weighted by Gasteiger charge is -2.28. The summed E-state index contributed by atoms with van der Waals surface area (Å²) >= 11 is 0. The molecule has 2 aliphatic rings. The molecule has 1 aliphatic heterocycles. The van der Waals surface area contributed by atoms with Gasteiger partial charge in [0.15, 0.2) is 0 Å². The van der Waals surface area contributed by atoms with E-state index >= 15 is 0 Å². The monoisotopic (exact) mass is 364 g/mol. The van der Waals surface area contributed by atoms with E-state index in [1.807, 2.05) is 17.2 Å². The SMILES string of the molecule is Cc1ccc2nc(C3CCCN3C(=O)NC3CCCc4cn[nH]c43)[nH]c2c1. The highest BCUT2D eigenvalue weighted by Gasteiger charge is 2.34. The molecule has 7 nitrogen and oxygen atoms in total. The van der Waals surface area contributed by atoms with Crippen LogP contribution in [0, 0.1) is 6.92 Å². The van der Waals surface area contributed by atoms with Crippen molar-refractivity contribution in [2.75, 3.05) is 6.54 Å². The van der Waals surface area contributed by atoms with Crippen molar-refractivity contribution in [2.24, 2.45) is 0 Å². The first-order valence-corrected chi connectivity index (χ1v) is 9.74. The van der Waals surface area contributed by atoms with E-state index in [-0.39, 0.29) is 18.1 Å². The highest BCUT2D eigenvalue weighted by molar-refractivity contribution is 5.77. The number of fused-ring (bicyclic) bond motifs is 2. The van der Waals surface area contributed by atoms with Gasteiger partial charge in [0.25, 0.3) is 0 Å². The van der Waals surface area contributed by atoms with Gasteiger partial charge in [-0.3, -0.25) is 5.10 Å². The van der Waals surface area contributed by atoms with Crippen molar-refractivity contribution >= 4 is 17.1 Å². The molecule has 0 saturated carbocycles. The number of carbonyl (C=O) groups is 1. The standard InChI is InChI=1S/C20H24N6O/c1-12-7-8-14-16(10-12)23-19(22-14)17-6-3-9-26(17)20(27)24-15-5-2-4-13-11-21-25-18(13)15/h7-8,10-11,15,17H,2-6,9H2,1H3,(H,21,25)(H,22,23)(H,24,27). The van der Waals surface area contributed by atoms with E-state index in [2.05, 4.69) is 39.6 Å². The van der Waals surface area contributed by atoms with Crippen molar-refractivity contribution in [1.29, 1.82) is 0 Å². The van der Waals surface area contributed by atoms with Crippen molar-refractivity contribution in [2.45, 2.75) is 51.1 Å². The highest BCUT2D eigenvalue weighted by atomic mass is 16.2. The fourth-order valence-electron chi connectivity index (χ4n) is 4.43. The van der Waals surface area contributed by atoms with E-state index in [0.717, 1.165) is 61.2 Å². The summed E-state index contributed by atoms with van der Waals surface area (Å²) in [7, 11) is 0. The van der Waals surface area contributed by atoms with Gasteiger partial charge in [0.05, 0.1) is 35.0 Å².